The summed E-state index contributed by atoms with van der Waals surface area (Å²) >= 11 is 0. The molecule has 1 saturated carbocycles. The predicted molar refractivity (Wildman–Crippen MR) is 110 cm³/mol. The molecule has 2 aromatic rings. The molecular formula is C25H28O3. The van der Waals surface area contributed by atoms with Crippen molar-refractivity contribution < 1.29 is 14.9 Å². The van der Waals surface area contributed by atoms with Gasteiger partial charge in [-0.2, -0.15) is 0 Å². The molecule has 0 radical (unpaired) electrons. The number of phenols is 1. The highest BCUT2D eigenvalue weighted by Gasteiger charge is 2.51. The zero-order valence-corrected chi connectivity index (χ0v) is 16.4. The van der Waals surface area contributed by atoms with E-state index in [1.807, 2.05) is 12.1 Å². The number of fused-ring (bicyclic) bond motifs is 3. The van der Waals surface area contributed by atoms with Gasteiger partial charge in [0, 0.05) is 12.5 Å². The summed E-state index contributed by atoms with van der Waals surface area (Å²) < 4.78 is 5.03. The van der Waals surface area contributed by atoms with E-state index in [9.17, 15) is 10.2 Å². The molecule has 28 heavy (non-hydrogen) atoms. The lowest BCUT2D eigenvalue weighted by Crippen LogP contribution is -2.50. The second-order valence-corrected chi connectivity index (χ2v) is 8.37. The van der Waals surface area contributed by atoms with Gasteiger partial charge in [0.15, 0.2) is 0 Å². The summed E-state index contributed by atoms with van der Waals surface area (Å²) in [6.07, 6.45) is 5.15. The standard InChI is InChI=1S/C25H28O3/c1-28-15-5-12-24(27)13-14-25(17-19-6-3-2-4-7-19)21(18-24)9-8-20-16-22(26)10-11-23(20)25/h2-4,6-7,10-11,16,21,26-27H,8-9,13-15,17-18H2,1H3/t21-,24-,25+/m1/s1. The summed E-state index contributed by atoms with van der Waals surface area (Å²) in [5, 5.41) is 21.1. The third-order valence-electron chi connectivity index (χ3n) is 6.64. The van der Waals surface area contributed by atoms with Gasteiger partial charge < -0.3 is 14.9 Å². The molecule has 3 nitrogen and oxygen atoms in total. The quantitative estimate of drug-likeness (QED) is 0.796. The Morgan fingerprint density at radius 3 is 2.75 bits per heavy atom. The molecule has 0 spiro atoms. The average Bonchev–Trinajstić information content (AvgIpc) is 2.69. The molecule has 146 valence electrons. The SMILES string of the molecule is COCC#C[C@@]1(O)CC[C@@]2(Cc3ccccc3)c3ccc(O)cc3CC[C@@H]2C1. The molecule has 3 atom stereocenters. The molecule has 4 rings (SSSR count). The molecule has 2 aliphatic rings. The molecule has 2 aromatic carbocycles. The third-order valence-corrected chi connectivity index (χ3v) is 6.64. The van der Waals surface area contributed by atoms with Crippen LogP contribution in [0.3, 0.4) is 0 Å². The molecule has 0 unspecified atom stereocenters. The van der Waals surface area contributed by atoms with Crippen LogP contribution < -0.4 is 0 Å². The summed E-state index contributed by atoms with van der Waals surface area (Å²) in [7, 11) is 1.62. The maximum atomic E-state index is 11.1. The van der Waals surface area contributed by atoms with Crippen molar-refractivity contribution in [3.8, 4) is 17.6 Å². The van der Waals surface area contributed by atoms with E-state index in [1.54, 1.807) is 7.11 Å². The Balaban J connectivity index is 1.73. The average molecular weight is 376 g/mol. The Morgan fingerprint density at radius 2 is 1.96 bits per heavy atom. The molecule has 3 heteroatoms. The Labute approximate surface area is 167 Å². The topological polar surface area (TPSA) is 49.7 Å². The number of ether oxygens (including phenoxy) is 1. The monoisotopic (exact) mass is 376 g/mol. The van der Waals surface area contributed by atoms with Crippen LogP contribution in [0.1, 0.15) is 42.4 Å². The van der Waals surface area contributed by atoms with Crippen molar-refractivity contribution in [1.29, 1.82) is 0 Å². The van der Waals surface area contributed by atoms with Crippen LogP contribution in [-0.2, 0) is 23.0 Å². The molecule has 0 amide bonds. The van der Waals surface area contributed by atoms with Gasteiger partial charge in [-0.05, 0) is 73.3 Å². The number of hydrogen-bond acceptors (Lipinski definition) is 3. The van der Waals surface area contributed by atoms with Crippen molar-refractivity contribution in [3.63, 3.8) is 0 Å². The van der Waals surface area contributed by atoms with Crippen LogP contribution in [-0.4, -0.2) is 29.5 Å². The number of hydrogen-bond donors (Lipinski definition) is 2. The lowest BCUT2D eigenvalue weighted by Gasteiger charge is -2.52. The molecule has 0 bridgehead atoms. The van der Waals surface area contributed by atoms with E-state index >= 15 is 0 Å². The highest BCUT2D eigenvalue weighted by atomic mass is 16.5. The van der Waals surface area contributed by atoms with Crippen LogP contribution in [0.2, 0.25) is 0 Å². The van der Waals surface area contributed by atoms with Gasteiger partial charge in [-0.25, -0.2) is 0 Å². The van der Waals surface area contributed by atoms with Crippen LogP contribution >= 0.6 is 0 Å². The van der Waals surface area contributed by atoms with Gasteiger partial charge in [0.2, 0.25) is 0 Å². The maximum Gasteiger partial charge on any atom is 0.125 e. The molecule has 0 aliphatic heterocycles. The van der Waals surface area contributed by atoms with Gasteiger partial charge in [-0.15, -0.1) is 0 Å². The van der Waals surface area contributed by atoms with E-state index in [2.05, 4.69) is 48.2 Å². The lowest BCUT2D eigenvalue weighted by molar-refractivity contribution is -0.00818. The van der Waals surface area contributed by atoms with Gasteiger partial charge >= 0.3 is 0 Å². The van der Waals surface area contributed by atoms with Crippen LogP contribution in [0.4, 0.5) is 0 Å². The van der Waals surface area contributed by atoms with Gasteiger partial charge in [-0.1, -0.05) is 48.2 Å². The highest BCUT2D eigenvalue weighted by Crippen LogP contribution is 2.54. The van der Waals surface area contributed by atoms with E-state index < -0.39 is 5.60 Å². The van der Waals surface area contributed by atoms with Crippen molar-refractivity contribution in [2.75, 3.05) is 13.7 Å². The number of phenolic OH excluding ortho intramolecular Hbond substituents is 1. The number of methoxy groups -OCH3 is 1. The van der Waals surface area contributed by atoms with Crippen molar-refractivity contribution in [3.05, 3.63) is 65.2 Å². The van der Waals surface area contributed by atoms with Gasteiger partial charge in [-0.3, -0.25) is 0 Å². The molecule has 0 saturated heterocycles. The van der Waals surface area contributed by atoms with Gasteiger partial charge in [0.05, 0.1) is 0 Å². The Hall–Kier alpha value is -2.28. The summed E-state index contributed by atoms with van der Waals surface area (Å²) in [6, 6.07) is 16.5. The molecule has 0 aromatic heterocycles. The van der Waals surface area contributed by atoms with Gasteiger partial charge in [0.1, 0.15) is 18.0 Å². The van der Waals surface area contributed by atoms with Crippen LogP contribution in [0.5, 0.6) is 5.75 Å². The lowest BCUT2D eigenvalue weighted by atomic mass is 9.52. The largest absolute Gasteiger partial charge is 0.508 e. The minimum Gasteiger partial charge on any atom is -0.508 e. The Kier molecular flexibility index (Phi) is 5.19. The number of aliphatic hydroxyl groups is 1. The molecular weight excluding hydrogens is 348 g/mol. The van der Waals surface area contributed by atoms with E-state index in [1.165, 1.54) is 16.7 Å². The maximum absolute atomic E-state index is 11.1. The summed E-state index contributed by atoms with van der Waals surface area (Å²) in [5.74, 6) is 6.76. The smallest absolute Gasteiger partial charge is 0.125 e. The van der Waals surface area contributed by atoms with E-state index in [0.29, 0.717) is 31.1 Å². The van der Waals surface area contributed by atoms with Gasteiger partial charge in [0.25, 0.3) is 0 Å². The third kappa shape index (κ3) is 3.55. The molecule has 2 N–H and O–H groups in total. The highest BCUT2D eigenvalue weighted by molar-refractivity contribution is 5.45. The van der Waals surface area contributed by atoms with Crippen molar-refractivity contribution in [2.24, 2.45) is 5.92 Å². The van der Waals surface area contributed by atoms with Crippen LogP contribution in [0.15, 0.2) is 48.5 Å². The Bertz CT molecular complexity index is 895. The zero-order valence-electron chi connectivity index (χ0n) is 16.4. The number of aryl methyl sites for hydroxylation is 1. The zero-order chi connectivity index (χ0) is 19.6. The Morgan fingerprint density at radius 1 is 1.14 bits per heavy atom. The number of aromatic hydroxyl groups is 1. The van der Waals surface area contributed by atoms with E-state index in [0.717, 1.165) is 25.7 Å². The number of rotatable bonds is 3. The first-order valence-electron chi connectivity index (χ1n) is 10.1. The fourth-order valence-electron chi connectivity index (χ4n) is 5.35. The number of benzene rings is 2. The summed E-state index contributed by atoms with van der Waals surface area (Å²) in [5.41, 5.74) is 2.97. The van der Waals surface area contributed by atoms with Crippen LogP contribution in [0.25, 0.3) is 0 Å². The molecule has 2 aliphatic carbocycles. The fraction of sp³-hybridized carbons (Fsp3) is 0.440. The molecule has 0 heterocycles. The first-order chi connectivity index (χ1) is 13.5. The summed E-state index contributed by atoms with van der Waals surface area (Å²) in [4.78, 5) is 0. The first-order valence-corrected chi connectivity index (χ1v) is 10.1. The second-order valence-electron chi connectivity index (χ2n) is 8.37. The molecule has 1 fully saturated rings. The minimum atomic E-state index is -0.933. The summed E-state index contributed by atoms with van der Waals surface area (Å²) in [6.45, 7) is 0.351. The fourth-order valence-corrected chi connectivity index (χ4v) is 5.35. The van der Waals surface area contributed by atoms with E-state index in [-0.39, 0.29) is 5.41 Å². The minimum absolute atomic E-state index is 0.0161. The van der Waals surface area contributed by atoms with E-state index in [4.69, 9.17) is 4.74 Å². The van der Waals surface area contributed by atoms with Crippen molar-refractivity contribution in [2.45, 2.75) is 49.5 Å². The van der Waals surface area contributed by atoms with Crippen molar-refractivity contribution >= 4 is 0 Å². The first kappa shape index (κ1) is 19.1. The van der Waals surface area contributed by atoms with Crippen LogP contribution in [0, 0.1) is 17.8 Å². The normalized spacial score (nSPS) is 28.6. The van der Waals surface area contributed by atoms with Crippen molar-refractivity contribution in [1.82, 2.24) is 0 Å². The predicted octanol–water partition coefficient (Wildman–Crippen LogP) is 4.00. The second kappa shape index (κ2) is 7.62.